The van der Waals surface area contributed by atoms with Crippen LogP contribution < -0.4 is 5.32 Å². The lowest BCUT2D eigenvalue weighted by Crippen LogP contribution is -2.29. The van der Waals surface area contributed by atoms with Crippen molar-refractivity contribution in [1.29, 1.82) is 0 Å². The van der Waals surface area contributed by atoms with Crippen molar-refractivity contribution in [3.05, 3.63) is 71.5 Å². The van der Waals surface area contributed by atoms with Crippen LogP contribution in [0.25, 0.3) is 0 Å². The average molecular weight is 243 g/mol. The Morgan fingerprint density at radius 2 is 1.44 bits per heavy atom. The third-order valence-electron chi connectivity index (χ3n) is 3.13. The van der Waals surface area contributed by atoms with Crippen LogP contribution in [0.3, 0.4) is 0 Å². The number of halogens is 1. The van der Waals surface area contributed by atoms with E-state index in [0.717, 1.165) is 18.4 Å². The monoisotopic (exact) mass is 243 g/mol. The van der Waals surface area contributed by atoms with Gasteiger partial charge in [0.15, 0.2) is 0 Å². The maximum atomic E-state index is 12.8. The van der Waals surface area contributed by atoms with Crippen LogP contribution in [0.5, 0.6) is 0 Å². The molecule has 94 valence electrons. The number of rotatable bonds is 5. The smallest absolute Gasteiger partial charge is 0.123 e. The molecule has 2 aromatic carbocycles. The molecule has 0 bridgehead atoms. The first-order valence-corrected chi connectivity index (χ1v) is 6.23. The van der Waals surface area contributed by atoms with E-state index >= 15 is 0 Å². The molecule has 2 heteroatoms. The Bertz CT molecular complexity index is 464. The highest BCUT2D eigenvalue weighted by Crippen LogP contribution is 2.10. The van der Waals surface area contributed by atoms with Gasteiger partial charge in [0.25, 0.3) is 0 Å². The van der Waals surface area contributed by atoms with E-state index in [4.69, 9.17) is 0 Å². The minimum Gasteiger partial charge on any atom is -0.316 e. The van der Waals surface area contributed by atoms with E-state index in [0.29, 0.717) is 6.04 Å². The van der Waals surface area contributed by atoms with E-state index < -0.39 is 0 Å². The molecular weight excluding hydrogens is 225 g/mol. The molecule has 0 radical (unpaired) electrons. The second-order valence-electron chi connectivity index (χ2n) is 4.51. The Labute approximate surface area is 108 Å². The summed E-state index contributed by atoms with van der Waals surface area (Å²) in [5, 5.41) is 3.32. The lowest BCUT2D eigenvalue weighted by atomic mass is 9.99. The normalized spacial score (nSPS) is 12.3. The summed E-state index contributed by atoms with van der Waals surface area (Å²) in [7, 11) is 1.97. The molecule has 0 heterocycles. The van der Waals surface area contributed by atoms with E-state index in [-0.39, 0.29) is 5.82 Å². The molecule has 18 heavy (non-hydrogen) atoms. The highest BCUT2D eigenvalue weighted by atomic mass is 19.1. The lowest BCUT2D eigenvalue weighted by Gasteiger charge is -2.16. The van der Waals surface area contributed by atoms with Gasteiger partial charge in [0.1, 0.15) is 5.82 Å². The van der Waals surface area contributed by atoms with E-state index in [1.807, 2.05) is 25.2 Å². The Morgan fingerprint density at radius 3 is 2.00 bits per heavy atom. The molecule has 0 saturated carbocycles. The van der Waals surface area contributed by atoms with Crippen LogP contribution in [0.15, 0.2) is 54.6 Å². The van der Waals surface area contributed by atoms with Crippen molar-refractivity contribution in [2.24, 2.45) is 0 Å². The van der Waals surface area contributed by atoms with Gasteiger partial charge in [-0.05, 0) is 43.1 Å². The fourth-order valence-electron chi connectivity index (χ4n) is 2.08. The second kappa shape index (κ2) is 6.31. The Balaban J connectivity index is 1.99. The maximum Gasteiger partial charge on any atom is 0.123 e. The zero-order valence-corrected chi connectivity index (χ0v) is 10.6. The average Bonchev–Trinajstić information content (AvgIpc) is 2.41. The largest absolute Gasteiger partial charge is 0.316 e. The summed E-state index contributed by atoms with van der Waals surface area (Å²) in [5.74, 6) is -0.178. The molecule has 2 rings (SSSR count). The van der Waals surface area contributed by atoms with Crippen LogP contribution in [0, 0.1) is 5.82 Å². The molecule has 0 fully saturated rings. The summed E-state index contributed by atoms with van der Waals surface area (Å²) < 4.78 is 12.8. The van der Waals surface area contributed by atoms with Gasteiger partial charge in [-0.15, -0.1) is 0 Å². The molecule has 0 saturated heterocycles. The number of benzene rings is 2. The predicted molar refractivity (Wildman–Crippen MR) is 73.1 cm³/mol. The SMILES string of the molecule is CNC(Cc1ccccc1)Cc1ccc(F)cc1. The van der Waals surface area contributed by atoms with Gasteiger partial charge in [-0.2, -0.15) is 0 Å². The highest BCUT2D eigenvalue weighted by Gasteiger charge is 2.08. The molecule has 2 aromatic rings. The van der Waals surface area contributed by atoms with Crippen LogP contribution in [0.4, 0.5) is 4.39 Å². The van der Waals surface area contributed by atoms with Crippen LogP contribution in [0.1, 0.15) is 11.1 Å². The minimum absolute atomic E-state index is 0.178. The third kappa shape index (κ3) is 3.67. The Hall–Kier alpha value is -1.67. The summed E-state index contributed by atoms with van der Waals surface area (Å²) in [6, 6.07) is 17.5. The number of likely N-dealkylation sites (N-methyl/N-ethyl adjacent to an activating group) is 1. The molecule has 0 spiro atoms. The highest BCUT2D eigenvalue weighted by molar-refractivity contribution is 5.20. The third-order valence-corrected chi connectivity index (χ3v) is 3.13. The van der Waals surface area contributed by atoms with Crippen LogP contribution in [-0.2, 0) is 12.8 Å². The number of hydrogen-bond donors (Lipinski definition) is 1. The van der Waals surface area contributed by atoms with Gasteiger partial charge in [-0.25, -0.2) is 4.39 Å². The first-order valence-electron chi connectivity index (χ1n) is 6.23. The standard InChI is InChI=1S/C16H18FN/c1-18-16(11-13-5-3-2-4-6-13)12-14-7-9-15(17)10-8-14/h2-10,16,18H,11-12H2,1H3. The zero-order chi connectivity index (χ0) is 12.8. The summed E-state index contributed by atoms with van der Waals surface area (Å²) in [5.41, 5.74) is 2.48. The molecule has 0 aliphatic rings. The topological polar surface area (TPSA) is 12.0 Å². The van der Waals surface area contributed by atoms with Crippen molar-refractivity contribution < 1.29 is 4.39 Å². The molecule has 1 nitrogen and oxygen atoms in total. The van der Waals surface area contributed by atoms with Crippen molar-refractivity contribution >= 4 is 0 Å². The summed E-state index contributed by atoms with van der Waals surface area (Å²) in [6.45, 7) is 0. The van der Waals surface area contributed by atoms with Gasteiger partial charge in [-0.3, -0.25) is 0 Å². The van der Waals surface area contributed by atoms with Crippen molar-refractivity contribution in [3.8, 4) is 0 Å². The molecule has 0 aromatic heterocycles. The van der Waals surface area contributed by atoms with Crippen molar-refractivity contribution in [1.82, 2.24) is 5.32 Å². The van der Waals surface area contributed by atoms with Crippen molar-refractivity contribution in [2.75, 3.05) is 7.05 Å². The maximum absolute atomic E-state index is 12.8. The van der Waals surface area contributed by atoms with Gasteiger partial charge >= 0.3 is 0 Å². The first kappa shape index (κ1) is 12.8. The Morgan fingerprint density at radius 1 is 0.889 bits per heavy atom. The van der Waals surface area contributed by atoms with Crippen molar-refractivity contribution in [2.45, 2.75) is 18.9 Å². The molecule has 0 aliphatic heterocycles. The molecule has 1 atom stereocenters. The summed E-state index contributed by atoms with van der Waals surface area (Å²) >= 11 is 0. The van der Waals surface area contributed by atoms with E-state index in [2.05, 4.69) is 29.6 Å². The van der Waals surface area contributed by atoms with Gasteiger partial charge in [-0.1, -0.05) is 42.5 Å². The predicted octanol–water partition coefficient (Wildman–Crippen LogP) is 3.20. The van der Waals surface area contributed by atoms with Gasteiger partial charge in [0, 0.05) is 6.04 Å². The zero-order valence-electron chi connectivity index (χ0n) is 10.6. The van der Waals surface area contributed by atoms with Crippen LogP contribution >= 0.6 is 0 Å². The van der Waals surface area contributed by atoms with Crippen molar-refractivity contribution in [3.63, 3.8) is 0 Å². The quantitative estimate of drug-likeness (QED) is 0.850. The van der Waals surface area contributed by atoms with E-state index in [1.54, 1.807) is 0 Å². The molecule has 1 unspecified atom stereocenters. The van der Waals surface area contributed by atoms with E-state index in [1.165, 1.54) is 17.7 Å². The van der Waals surface area contributed by atoms with Gasteiger partial charge in [0.05, 0.1) is 0 Å². The summed E-state index contributed by atoms with van der Waals surface area (Å²) in [4.78, 5) is 0. The van der Waals surface area contributed by atoms with Crippen LogP contribution in [0.2, 0.25) is 0 Å². The minimum atomic E-state index is -0.178. The summed E-state index contributed by atoms with van der Waals surface area (Å²) in [6.07, 6.45) is 1.89. The fourth-order valence-corrected chi connectivity index (χ4v) is 2.08. The lowest BCUT2D eigenvalue weighted by molar-refractivity contribution is 0.555. The van der Waals surface area contributed by atoms with E-state index in [9.17, 15) is 4.39 Å². The fraction of sp³-hybridized carbons (Fsp3) is 0.250. The molecule has 0 aliphatic carbocycles. The molecule has 1 N–H and O–H groups in total. The Kier molecular flexibility index (Phi) is 4.48. The van der Waals surface area contributed by atoms with Gasteiger partial charge < -0.3 is 5.32 Å². The first-order chi connectivity index (χ1) is 8.78. The number of nitrogens with one attached hydrogen (secondary N) is 1. The number of hydrogen-bond acceptors (Lipinski definition) is 1. The second-order valence-corrected chi connectivity index (χ2v) is 4.51. The molecular formula is C16H18FN. The van der Waals surface area contributed by atoms with Crippen LogP contribution in [-0.4, -0.2) is 13.1 Å². The van der Waals surface area contributed by atoms with Gasteiger partial charge in [0.2, 0.25) is 0 Å². The molecule has 0 amide bonds.